The number of fused-ring (bicyclic) bond motifs is 1. The van der Waals surface area contributed by atoms with Crippen LogP contribution < -0.4 is 0 Å². The van der Waals surface area contributed by atoms with Crippen LogP contribution in [0.25, 0.3) is 0 Å². The van der Waals surface area contributed by atoms with Crippen LogP contribution in [0.15, 0.2) is 4.34 Å². The monoisotopic (exact) mass is 243 g/mol. The van der Waals surface area contributed by atoms with Crippen molar-refractivity contribution in [1.29, 1.82) is 0 Å². The molecule has 82 valence electrons. The summed E-state index contributed by atoms with van der Waals surface area (Å²) in [5, 5.41) is 8.58. The second kappa shape index (κ2) is 3.79. The van der Waals surface area contributed by atoms with Gasteiger partial charge in [0.25, 0.3) is 0 Å². The van der Waals surface area contributed by atoms with Gasteiger partial charge >= 0.3 is 5.97 Å². The van der Waals surface area contributed by atoms with Gasteiger partial charge in [-0.25, -0.2) is 4.98 Å². The van der Waals surface area contributed by atoms with Crippen LogP contribution in [-0.4, -0.2) is 21.8 Å². The van der Waals surface area contributed by atoms with Gasteiger partial charge in [0.15, 0.2) is 4.34 Å². The molecule has 0 radical (unpaired) electrons. The van der Waals surface area contributed by atoms with Crippen molar-refractivity contribution in [2.45, 2.75) is 36.4 Å². The van der Waals surface area contributed by atoms with Crippen LogP contribution in [0.4, 0.5) is 0 Å². The summed E-state index contributed by atoms with van der Waals surface area (Å²) in [5.41, 5.74) is 1.36. The van der Waals surface area contributed by atoms with Gasteiger partial charge in [0.05, 0.1) is 11.4 Å². The number of aromatic nitrogens is 1. The van der Waals surface area contributed by atoms with Gasteiger partial charge in [-0.15, -0.1) is 11.3 Å². The Hall–Kier alpha value is -0.550. The number of nitrogens with zero attached hydrogens (tertiary/aromatic N) is 1. The van der Waals surface area contributed by atoms with Crippen molar-refractivity contribution in [2.24, 2.45) is 0 Å². The third-order valence-corrected chi connectivity index (χ3v) is 4.86. The number of thioether (sulfide) groups is 1. The van der Waals surface area contributed by atoms with Gasteiger partial charge in [0.2, 0.25) is 0 Å². The molecule has 1 aromatic rings. The molecule has 0 aromatic carbocycles. The van der Waals surface area contributed by atoms with Crippen LogP contribution in [-0.2, 0) is 16.6 Å². The Morgan fingerprint density at radius 1 is 1.67 bits per heavy atom. The summed E-state index contributed by atoms with van der Waals surface area (Å²) < 4.78 is 0.898. The van der Waals surface area contributed by atoms with E-state index in [1.165, 1.54) is 22.3 Å². The summed E-state index contributed by atoms with van der Waals surface area (Å²) in [6, 6.07) is 0. The van der Waals surface area contributed by atoms with Crippen LogP contribution >= 0.6 is 23.1 Å². The lowest BCUT2D eigenvalue weighted by Gasteiger charge is -2.15. The smallest absolute Gasteiger partial charge is 0.313 e. The molecule has 0 atom stereocenters. The Labute approximate surface area is 96.9 Å². The summed E-state index contributed by atoms with van der Waals surface area (Å²) >= 11 is 2.98. The third-order valence-electron chi connectivity index (χ3n) is 2.61. The average molecular weight is 243 g/mol. The Morgan fingerprint density at radius 2 is 2.40 bits per heavy atom. The lowest BCUT2D eigenvalue weighted by molar-refractivity contribution is -0.133. The predicted molar refractivity (Wildman–Crippen MR) is 61.8 cm³/mol. The molecule has 1 N–H and O–H groups in total. The largest absolute Gasteiger partial charge is 0.481 e. The van der Waals surface area contributed by atoms with Crippen molar-refractivity contribution < 1.29 is 9.90 Å². The number of thiazole rings is 1. The fourth-order valence-electron chi connectivity index (χ4n) is 1.76. The molecule has 1 aromatic heterocycles. The predicted octanol–water partition coefficient (Wildman–Crippen LogP) is 2.54. The maximum Gasteiger partial charge on any atom is 0.313 e. The van der Waals surface area contributed by atoms with Crippen LogP contribution in [0.5, 0.6) is 0 Å². The fourth-order valence-corrected chi connectivity index (χ4v) is 3.85. The highest BCUT2D eigenvalue weighted by Gasteiger charge is 2.33. The standard InChI is InChI=1S/C10H13NO2S2/c1-10(2)4-3-6-8(10)11-9(15-6)14-5-7(12)13/h3-5H2,1-2H3,(H,12,13). The first-order valence-electron chi connectivity index (χ1n) is 4.84. The van der Waals surface area contributed by atoms with Crippen LogP contribution in [0.3, 0.4) is 0 Å². The Morgan fingerprint density at radius 3 is 3.00 bits per heavy atom. The molecule has 0 saturated carbocycles. The van der Waals surface area contributed by atoms with Gasteiger partial charge in [-0.05, 0) is 12.8 Å². The van der Waals surface area contributed by atoms with Crippen molar-refractivity contribution in [2.75, 3.05) is 5.75 Å². The highest BCUT2D eigenvalue weighted by Crippen LogP contribution is 2.42. The molecule has 0 amide bonds. The summed E-state index contributed by atoms with van der Waals surface area (Å²) in [6.07, 6.45) is 2.25. The molecular formula is C10H13NO2S2. The molecule has 5 heteroatoms. The first kappa shape index (κ1) is 11.0. The number of aliphatic carboxylic acids is 1. The van der Waals surface area contributed by atoms with Crippen LogP contribution in [0.1, 0.15) is 30.8 Å². The lowest BCUT2D eigenvalue weighted by atomic mass is 9.91. The summed E-state index contributed by atoms with van der Waals surface area (Å²) in [7, 11) is 0. The second-order valence-corrected chi connectivity index (χ2v) is 6.62. The van der Waals surface area contributed by atoms with Crippen molar-refractivity contribution in [3.63, 3.8) is 0 Å². The van der Waals surface area contributed by atoms with Crippen LogP contribution in [0, 0.1) is 0 Å². The number of rotatable bonds is 3. The number of carboxylic acids is 1. The van der Waals surface area contributed by atoms with E-state index in [0.29, 0.717) is 0 Å². The van der Waals surface area contributed by atoms with Crippen LogP contribution in [0.2, 0.25) is 0 Å². The number of hydrogen-bond donors (Lipinski definition) is 1. The van der Waals surface area contributed by atoms with E-state index in [1.807, 2.05) is 0 Å². The van der Waals surface area contributed by atoms with Gasteiger partial charge < -0.3 is 5.11 Å². The minimum Gasteiger partial charge on any atom is -0.481 e. The first-order valence-corrected chi connectivity index (χ1v) is 6.64. The second-order valence-electron chi connectivity index (χ2n) is 4.32. The SMILES string of the molecule is CC1(C)CCc2sc(SCC(=O)O)nc21. The van der Waals surface area contributed by atoms with Crippen molar-refractivity contribution in [3.05, 3.63) is 10.6 Å². The normalized spacial score (nSPS) is 17.7. The van der Waals surface area contributed by atoms with Gasteiger partial charge in [-0.1, -0.05) is 25.6 Å². The van der Waals surface area contributed by atoms with E-state index in [9.17, 15) is 4.79 Å². The molecular weight excluding hydrogens is 230 g/mol. The third kappa shape index (κ3) is 2.18. The summed E-state index contributed by atoms with van der Waals surface area (Å²) in [6.45, 7) is 4.40. The Bertz CT molecular complexity index is 398. The number of aryl methyl sites for hydroxylation is 1. The van der Waals surface area contributed by atoms with E-state index in [-0.39, 0.29) is 11.2 Å². The zero-order valence-electron chi connectivity index (χ0n) is 8.74. The van der Waals surface area contributed by atoms with E-state index >= 15 is 0 Å². The molecule has 0 spiro atoms. The molecule has 1 aliphatic carbocycles. The molecule has 0 unspecified atom stereocenters. The zero-order valence-corrected chi connectivity index (χ0v) is 10.4. The van der Waals surface area contributed by atoms with Gasteiger partial charge in [0, 0.05) is 10.3 Å². The quantitative estimate of drug-likeness (QED) is 0.829. The molecule has 0 fully saturated rings. The van der Waals surface area contributed by atoms with E-state index in [4.69, 9.17) is 5.11 Å². The molecule has 2 rings (SSSR count). The Balaban J connectivity index is 2.15. The van der Waals surface area contributed by atoms with Crippen molar-refractivity contribution in [3.8, 4) is 0 Å². The van der Waals surface area contributed by atoms with Gasteiger partial charge in [-0.2, -0.15) is 0 Å². The van der Waals surface area contributed by atoms with E-state index in [1.54, 1.807) is 11.3 Å². The maximum atomic E-state index is 10.4. The highest BCUT2D eigenvalue weighted by atomic mass is 32.2. The van der Waals surface area contributed by atoms with Crippen molar-refractivity contribution in [1.82, 2.24) is 4.98 Å². The van der Waals surface area contributed by atoms with E-state index in [0.717, 1.165) is 17.2 Å². The highest BCUT2D eigenvalue weighted by molar-refractivity contribution is 8.01. The molecule has 15 heavy (non-hydrogen) atoms. The molecule has 1 heterocycles. The first-order chi connectivity index (χ1) is 6.99. The molecule has 1 aliphatic rings. The molecule has 0 bridgehead atoms. The molecule has 3 nitrogen and oxygen atoms in total. The van der Waals surface area contributed by atoms with E-state index in [2.05, 4.69) is 18.8 Å². The Kier molecular flexibility index (Phi) is 2.77. The van der Waals surface area contributed by atoms with Gasteiger partial charge in [-0.3, -0.25) is 4.79 Å². The molecule has 0 saturated heterocycles. The lowest BCUT2D eigenvalue weighted by Crippen LogP contribution is -2.12. The zero-order chi connectivity index (χ0) is 11.1. The summed E-state index contributed by atoms with van der Waals surface area (Å²) in [5.74, 6) is -0.679. The fraction of sp³-hybridized carbons (Fsp3) is 0.600. The topological polar surface area (TPSA) is 50.2 Å². The van der Waals surface area contributed by atoms with E-state index < -0.39 is 5.97 Å². The molecule has 0 aliphatic heterocycles. The number of carbonyl (C=O) groups is 1. The minimum absolute atomic E-state index is 0.104. The van der Waals surface area contributed by atoms with Gasteiger partial charge in [0.1, 0.15) is 0 Å². The number of hydrogen-bond acceptors (Lipinski definition) is 4. The maximum absolute atomic E-state index is 10.4. The minimum atomic E-state index is -0.783. The summed E-state index contributed by atoms with van der Waals surface area (Å²) in [4.78, 5) is 16.3. The average Bonchev–Trinajstić information content (AvgIpc) is 2.65. The van der Waals surface area contributed by atoms with Crippen molar-refractivity contribution >= 4 is 29.1 Å². The number of carboxylic acid groups (broad SMARTS) is 1.